The highest BCUT2D eigenvalue weighted by Crippen LogP contribution is 2.84. The second-order valence-electron chi connectivity index (χ2n) is 12.5. The van der Waals surface area contributed by atoms with E-state index in [-0.39, 0.29) is 97.7 Å². The maximum absolute atomic E-state index is 12.6. The van der Waals surface area contributed by atoms with Gasteiger partial charge in [-0.15, -0.1) is 0 Å². The Hall–Kier alpha value is -0.460. The van der Waals surface area contributed by atoms with E-state index in [0.29, 0.717) is 91.8 Å². The Labute approximate surface area is 376 Å². The van der Waals surface area contributed by atoms with Gasteiger partial charge in [-0.2, -0.15) is 0 Å². The van der Waals surface area contributed by atoms with Crippen molar-refractivity contribution in [2.45, 2.75) is 32.7 Å². The SMILES string of the molecule is COCCOCCOCC(=O)NCCOCCOCC(COCCOCCNC(=O)COCCOCCOC)OCC(=O)NCCCC[C@@H](C(=O)O)C1SSC2(SS1)SS2. The molecule has 60 heavy (non-hydrogen) atoms. The number of methoxy groups -OCH3 is 2. The minimum absolute atomic E-state index is 0.0184. The summed E-state index contributed by atoms with van der Waals surface area (Å²) in [5.41, 5.74) is 0. The first kappa shape index (κ1) is 55.7. The highest BCUT2D eigenvalue weighted by atomic mass is 33.2. The van der Waals surface area contributed by atoms with Crippen LogP contribution in [0.25, 0.3) is 0 Å². The number of carbonyl (C=O) groups excluding carboxylic acids is 3. The number of unbranched alkanes of at least 4 members (excludes halogenated alkanes) is 1. The highest BCUT2D eigenvalue weighted by molar-refractivity contribution is 9.14. The van der Waals surface area contributed by atoms with Crippen molar-refractivity contribution in [3.8, 4) is 0 Å². The van der Waals surface area contributed by atoms with Gasteiger partial charge in [0.1, 0.15) is 25.9 Å². The van der Waals surface area contributed by atoms with Crippen LogP contribution in [0.2, 0.25) is 0 Å². The summed E-state index contributed by atoms with van der Waals surface area (Å²) in [6, 6.07) is 0. The van der Waals surface area contributed by atoms with Crippen LogP contribution in [0.1, 0.15) is 19.3 Å². The zero-order valence-electron chi connectivity index (χ0n) is 34.4. The van der Waals surface area contributed by atoms with Gasteiger partial charge in [-0.05, 0) is 34.4 Å². The van der Waals surface area contributed by atoms with E-state index in [4.69, 9.17) is 52.1 Å². The molecule has 1 spiro atoms. The molecule has 25 heteroatoms. The lowest BCUT2D eigenvalue weighted by Crippen LogP contribution is -2.34. The number of hydrogen-bond acceptors (Lipinski definition) is 21. The Morgan fingerprint density at radius 3 is 1.45 bits per heavy atom. The van der Waals surface area contributed by atoms with Crippen molar-refractivity contribution >= 4 is 88.5 Å². The minimum atomic E-state index is -0.788. The molecular formula is C35H63N3O16S6. The normalized spacial score (nSPS) is 15.3. The molecule has 0 saturated carbocycles. The molecule has 0 bridgehead atoms. The van der Waals surface area contributed by atoms with Gasteiger partial charge in [0.15, 0.2) is 2.74 Å². The molecule has 2 aliphatic rings. The van der Waals surface area contributed by atoms with Gasteiger partial charge >= 0.3 is 5.97 Å². The van der Waals surface area contributed by atoms with Gasteiger partial charge in [0.05, 0.1) is 116 Å². The lowest BCUT2D eigenvalue weighted by molar-refractivity contribution is -0.141. The van der Waals surface area contributed by atoms with Gasteiger partial charge in [-0.3, -0.25) is 19.2 Å². The summed E-state index contributed by atoms with van der Waals surface area (Å²) in [7, 11) is 13.6. The summed E-state index contributed by atoms with van der Waals surface area (Å²) in [5.74, 6) is -2.06. The predicted octanol–water partition coefficient (Wildman–Crippen LogP) is 2.13. The van der Waals surface area contributed by atoms with Crippen molar-refractivity contribution < 1.29 is 76.4 Å². The number of carbonyl (C=O) groups is 4. The minimum Gasteiger partial charge on any atom is -0.481 e. The van der Waals surface area contributed by atoms with Gasteiger partial charge in [0.2, 0.25) is 17.7 Å². The largest absolute Gasteiger partial charge is 0.481 e. The number of rotatable bonds is 42. The van der Waals surface area contributed by atoms with Crippen molar-refractivity contribution in [1.29, 1.82) is 0 Å². The van der Waals surface area contributed by atoms with E-state index < -0.39 is 18.0 Å². The van der Waals surface area contributed by atoms with Crippen LogP contribution >= 0.6 is 64.8 Å². The molecule has 2 saturated heterocycles. The fourth-order valence-electron chi connectivity index (χ4n) is 4.50. The van der Waals surface area contributed by atoms with Crippen LogP contribution in [0.15, 0.2) is 0 Å². The van der Waals surface area contributed by atoms with Gasteiger partial charge < -0.3 is 73.2 Å². The Bertz CT molecular complexity index is 1090. The first-order chi connectivity index (χ1) is 29.3. The zero-order valence-corrected chi connectivity index (χ0v) is 39.3. The van der Waals surface area contributed by atoms with E-state index in [0.717, 1.165) is 0 Å². The molecule has 0 radical (unpaired) electrons. The molecule has 2 aliphatic heterocycles. The molecule has 0 aromatic rings. The monoisotopic (exact) mass is 973 g/mol. The summed E-state index contributed by atoms with van der Waals surface area (Å²) in [5, 5.41) is 18.1. The molecule has 19 nitrogen and oxygen atoms in total. The van der Waals surface area contributed by atoms with Gasteiger partial charge in [0, 0.05) is 33.9 Å². The Morgan fingerprint density at radius 1 is 0.533 bits per heavy atom. The molecule has 2 fully saturated rings. The highest BCUT2D eigenvalue weighted by Gasteiger charge is 2.53. The quantitative estimate of drug-likeness (QED) is 0.0391. The first-order valence-corrected chi connectivity index (χ1v) is 26.2. The van der Waals surface area contributed by atoms with E-state index in [2.05, 4.69) is 16.0 Å². The number of carboxylic acid groups (broad SMARTS) is 1. The summed E-state index contributed by atoms with van der Waals surface area (Å²) in [6.45, 7) is 5.86. The standard InChI is InChI=1S/C35H63N3O16S6/c1-44-11-13-48-17-21-52-25-30(39)37-7-9-46-15-19-50-23-28(24-51-20-16-47-10-8-38-31(40)26-53-22-18-49-14-12-45-2)54-27-32(41)36-6-4-3-5-29(33(42)43)34-55-57-35(58-56-34)59-60-35/h28-29,34H,3-27H2,1-2H3,(H,36,41)(H,37,39)(H,38,40)(H,42,43)/t29-/m0/s1. The van der Waals surface area contributed by atoms with Crippen LogP contribution in [0.4, 0.5) is 0 Å². The van der Waals surface area contributed by atoms with Crippen LogP contribution in [0, 0.1) is 5.92 Å². The number of ether oxygens (including phenoxy) is 11. The molecule has 3 amide bonds. The molecule has 4 N–H and O–H groups in total. The lowest BCUT2D eigenvalue weighted by atomic mass is 10.0. The third-order valence-electron chi connectivity index (χ3n) is 7.63. The van der Waals surface area contributed by atoms with Gasteiger partial charge in [-0.1, -0.05) is 49.6 Å². The number of carboxylic acids is 1. The summed E-state index contributed by atoms with van der Waals surface area (Å²) in [4.78, 5) is 48.3. The predicted molar refractivity (Wildman–Crippen MR) is 236 cm³/mol. The second-order valence-corrected chi connectivity index (χ2v) is 22.0. The topological polar surface area (TPSA) is 226 Å². The van der Waals surface area contributed by atoms with Gasteiger partial charge in [0.25, 0.3) is 0 Å². The number of nitrogens with one attached hydrogen (secondary N) is 3. The number of aliphatic carboxylic acids is 1. The molecule has 2 heterocycles. The molecule has 2 rings (SSSR count). The summed E-state index contributed by atoms with van der Waals surface area (Å²) < 4.78 is 59.3. The second kappa shape index (κ2) is 37.9. The van der Waals surface area contributed by atoms with Crippen LogP contribution in [0.5, 0.6) is 0 Å². The first-order valence-electron chi connectivity index (χ1n) is 19.6. The summed E-state index contributed by atoms with van der Waals surface area (Å²) >= 11 is 0. The fourth-order valence-corrected chi connectivity index (χ4v) is 18.3. The third-order valence-corrected chi connectivity index (χ3v) is 21.5. The molecule has 1 atom stereocenters. The van der Waals surface area contributed by atoms with Crippen LogP contribution < -0.4 is 16.0 Å². The molecular weight excluding hydrogens is 911 g/mol. The average Bonchev–Trinajstić information content (AvgIpc) is 4.00. The van der Waals surface area contributed by atoms with Crippen LogP contribution in [-0.4, -0.2) is 202 Å². The average molecular weight is 974 g/mol. The van der Waals surface area contributed by atoms with E-state index in [9.17, 15) is 24.3 Å². The van der Waals surface area contributed by atoms with Crippen molar-refractivity contribution in [3.05, 3.63) is 0 Å². The summed E-state index contributed by atoms with van der Waals surface area (Å²) in [6.07, 6.45) is 1.30. The van der Waals surface area contributed by atoms with Crippen molar-refractivity contribution in [2.24, 2.45) is 5.92 Å². The Kier molecular flexibility index (Phi) is 35.1. The van der Waals surface area contributed by atoms with E-state index in [1.807, 2.05) is 21.6 Å². The van der Waals surface area contributed by atoms with Crippen LogP contribution in [-0.2, 0) is 71.3 Å². The third kappa shape index (κ3) is 30.6. The van der Waals surface area contributed by atoms with E-state index in [1.165, 1.54) is 0 Å². The van der Waals surface area contributed by atoms with Crippen molar-refractivity contribution in [3.63, 3.8) is 0 Å². The maximum atomic E-state index is 12.6. The van der Waals surface area contributed by atoms with Crippen molar-refractivity contribution in [2.75, 3.05) is 159 Å². The maximum Gasteiger partial charge on any atom is 0.308 e. The zero-order chi connectivity index (χ0) is 43.4. The molecule has 0 aromatic carbocycles. The molecule has 350 valence electrons. The van der Waals surface area contributed by atoms with Gasteiger partial charge in [-0.25, -0.2) is 0 Å². The molecule has 0 aliphatic carbocycles. The fraction of sp³-hybridized carbons (Fsp3) is 0.886. The van der Waals surface area contributed by atoms with Crippen LogP contribution in [0.3, 0.4) is 0 Å². The molecule has 0 unspecified atom stereocenters. The Balaban J connectivity index is 1.59. The molecule has 0 aromatic heterocycles. The number of amides is 3. The Morgan fingerprint density at radius 2 is 0.967 bits per heavy atom. The van der Waals surface area contributed by atoms with E-state index in [1.54, 1.807) is 57.4 Å². The number of hydrogen-bond donors (Lipinski definition) is 4. The van der Waals surface area contributed by atoms with Crippen molar-refractivity contribution in [1.82, 2.24) is 16.0 Å². The van der Waals surface area contributed by atoms with E-state index >= 15 is 0 Å². The lowest BCUT2D eigenvalue weighted by Gasteiger charge is -2.27. The smallest absolute Gasteiger partial charge is 0.308 e.